The van der Waals surface area contributed by atoms with Crippen molar-refractivity contribution in [3.63, 3.8) is 0 Å². The number of nitrogens with two attached hydrogens (primary N) is 1. The lowest BCUT2D eigenvalue weighted by Gasteiger charge is -2.31. The Kier molecular flexibility index (Phi) is 4.49. The van der Waals surface area contributed by atoms with Crippen molar-refractivity contribution in [1.29, 1.82) is 0 Å². The molecule has 1 fully saturated rings. The van der Waals surface area contributed by atoms with Crippen LogP contribution in [0.3, 0.4) is 0 Å². The molecule has 2 N–H and O–H groups in total. The fraction of sp³-hybridized carbons (Fsp3) is 0.533. The van der Waals surface area contributed by atoms with Crippen molar-refractivity contribution in [3.05, 3.63) is 23.8 Å². The number of carbonyl (C=O) groups is 1. The average molecular weight is 278 g/mol. The molecule has 20 heavy (non-hydrogen) atoms. The van der Waals surface area contributed by atoms with E-state index in [1.807, 2.05) is 25.2 Å². The monoisotopic (exact) mass is 278 g/mol. The lowest BCUT2D eigenvalue weighted by molar-refractivity contribution is -0.131. The number of nitrogens with zero attached hydrogens (tertiary/aromatic N) is 1. The second kappa shape index (κ2) is 6.13. The maximum atomic E-state index is 12.1. The van der Waals surface area contributed by atoms with Crippen LogP contribution in [0.15, 0.2) is 18.2 Å². The summed E-state index contributed by atoms with van der Waals surface area (Å²) in [6.45, 7) is 0. The van der Waals surface area contributed by atoms with Crippen LogP contribution in [0.25, 0.3) is 0 Å². The van der Waals surface area contributed by atoms with E-state index in [9.17, 15) is 4.79 Å². The standard InChI is InChI=1S/C15H22N2O3/c1-17-14(18)6-4-5-13(16)15(17)10-7-11(19-2)9-12(8-10)20-3/h7-9,13,15H,4-6,16H2,1-3H3. The number of amides is 1. The molecule has 0 saturated carbocycles. The minimum absolute atomic E-state index is 0.0803. The topological polar surface area (TPSA) is 64.8 Å². The average Bonchev–Trinajstić information content (AvgIpc) is 2.58. The van der Waals surface area contributed by atoms with Gasteiger partial charge in [0.05, 0.1) is 20.3 Å². The molecule has 5 nitrogen and oxygen atoms in total. The number of benzene rings is 1. The second-order valence-electron chi connectivity index (χ2n) is 5.15. The molecule has 0 aliphatic carbocycles. The smallest absolute Gasteiger partial charge is 0.222 e. The van der Waals surface area contributed by atoms with Gasteiger partial charge in [0.15, 0.2) is 0 Å². The van der Waals surface area contributed by atoms with Crippen molar-refractivity contribution in [1.82, 2.24) is 4.90 Å². The van der Waals surface area contributed by atoms with Gasteiger partial charge in [-0.25, -0.2) is 0 Å². The molecular weight excluding hydrogens is 256 g/mol. The molecular formula is C15H22N2O3. The first kappa shape index (κ1) is 14.7. The summed E-state index contributed by atoms with van der Waals surface area (Å²) >= 11 is 0. The number of hydrogen-bond donors (Lipinski definition) is 1. The third-order valence-electron chi connectivity index (χ3n) is 3.86. The molecule has 0 aromatic heterocycles. The zero-order valence-corrected chi connectivity index (χ0v) is 12.3. The Bertz CT molecular complexity index is 468. The van der Waals surface area contributed by atoms with Crippen LogP contribution in [0.4, 0.5) is 0 Å². The summed E-state index contributed by atoms with van der Waals surface area (Å²) in [5, 5.41) is 0. The molecule has 2 atom stereocenters. The van der Waals surface area contributed by atoms with Gasteiger partial charge in [-0.2, -0.15) is 0 Å². The molecule has 1 heterocycles. The molecule has 2 rings (SSSR count). The van der Waals surface area contributed by atoms with E-state index in [1.54, 1.807) is 19.1 Å². The number of ether oxygens (including phenoxy) is 2. The molecule has 1 amide bonds. The first-order valence-corrected chi connectivity index (χ1v) is 6.81. The van der Waals surface area contributed by atoms with Gasteiger partial charge in [0.1, 0.15) is 11.5 Å². The minimum Gasteiger partial charge on any atom is -0.497 e. The zero-order valence-electron chi connectivity index (χ0n) is 12.3. The molecule has 0 spiro atoms. The highest BCUT2D eigenvalue weighted by Crippen LogP contribution is 2.33. The van der Waals surface area contributed by atoms with Gasteiger partial charge >= 0.3 is 0 Å². The lowest BCUT2D eigenvalue weighted by Crippen LogP contribution is -2.39. The molecule has 1 saturated heterocycles. The van der Waals surface area contributed by atoms with Crippen LogP contribution >= 0.6 is 0 Å². The Labute approximate surface area is 119 Å². The molecule has 2 unspecified atom stereocenters. The van der Waals surface area contributed by atoms with Gasteiger partial charge in [0.25, 0.3) is 0 Å². The Morgan fingerprint density at radius 2 is 1.80 bits per heavy atom. The van der Waals surface area contributed by atoms with Gasteiger partial charge in [0.2, 0.25) is 5.91 Å². The van der Waals surface area contributed by atoms with Gasteiger partial charge in [0, 0.05) is 25.6 Å². The van der Waals surface area contributed by atoms with E-state index in [4.69, 9.17) is 15.2 Å². The maximum absolute atomic E-state index is 12.1. The summed E-state index contributed by atoms with van der Waals surface area (Å²) in [5.41, 5.74) is 7.22. The fourth-order valence-electron chi connectivity index (χ4n) is 2.74. The molecule has 110 valence electrons. The van der Waals surface area contributed by atoms with E-state index in [1.165, 1.54) is 0 Å². The highest BCUT2D eigenvalue weighted by atomic mass is 16.5. The normalized spacial score (nSPS) is 23.4. The predicted molar refractivity (Wildman–Crippen MR) is 76.9 cm³/mol. The van der Waals surface area contributed by atoms with Crippen LogP contribution in [0.5, 0.6) is 11.5 Å². The van der Waals surface area contributed by atoms with Crippen LogP contribution in [0.2, 0.25) is 0 Å². The molecule has 0 bridgehead atoms. The van der Waals surface area contributed by atoms with E-state index in [2.05, 4.69) is 0 Å². The summed E-state index contributed by atoms with van der Waals surface area (Å²) in [6.07, 6.45) is 2.23. The number of likely N-dealkylation sites (tertiary alicyclic amines) is 1. The van der Waals surface area contributed by atoms with Crippen LogP contribution in [0, 0.1) is 0 Å². The van der Waals surface area contributed by atoms with E-state index in [0.29, 0.717) is 17.9 Å². The molecule has 1 aromatic rings. The van der Waals surface area contributed by atoms with Crippen molar-refractivity contribution >= 4 is 5.91 Å². The summed E-state index contributed by atoms with van der Waals surface area (Å²) in [7, 11) is 5.03. The Hall–Kier alpha value is -1.75. The lowest BCUT2D eigenvalue weighted by atomic mass is 9.96. The predicted octanol–water partition coefficient (Wildman–Crippen LogP) is 1.71. The molecule has 1 aliphatic heterocycles. The second-order valence-corrected chi connectivity index (χ2v) is 5.15. The number of rotatable bonds is 3. The van der Waals surface area contributed by atoms with Crippen molar-refractivity contribution < 1.29 is 14.3 Å². The number of carbonyl (C=O) groups excluding carboxylic acids is 1. The summed E-state index contributed by atoms with van der Waals surface area (Å²) in [6, 6.07) is 5.43. The van der Waals surface area contributed by atoms with E-state index in [0.717, 1.165) is 18.4 Å². The van der Waals surface area contributed by atoms with Crippen molar-refractivity contribution in [3.8, 4) is 11.5 Å². The third-order valence-corrected chi connectivity index (χ3v) is 3.86. The van der Waals surface area contributed by atoms with Gasteiger partial charge in [-0.3, -0.25) is 4.79 Å². The molecule has 0 radical (unpaired) electrons. The molecule has 1 aromatic carbocycles. The van der Waals surface area contributed by atoms with Crippen molar-refractivity contribution in [2.75, 3.05) is 21.3 Å². The first-order chi connectivity index (χ1) is 9.56. The van der Waals surface area contributed by atoms with E-state index in [-0.39, 0.29) is 18.0 Å². The van der Waals surface area contributed by atoms with Gasteiger partial charge in [-0.15, -0.1) is 0 Å². The Morgan fingerprint density at radius 3 is 2.35 bits per heavy atom. The highest BCUT2D eigenvalue weighted by molar-refractivity contribution is 5.77. The number of methoxy groups -OCH3 is 2. The Morgan fingerprint density at radius 1 is 1.20 bits per heavy atom. The largest absolute Gasteiger partial charge is 0.497 e. The van der Waals surface area contributed by atoms with Crippen LogP contribution < -0.4 is 15.2 Å². The molecule has 5 heteroatoms. The van der Waals surface area contributed by atoms with Crippen LogP contribution in [-0.4, -0.2) is 38.1 Å². The van der Waals surface area contributed by atoms with Crippen LogP contribution in [-0.2, 0) is 4.79 Å². The summed E-state index contributed by atoms with van der Waals surface area (Å²) in [4.78, 5) is 13.8. The van der Waals surface area contributed by atoms with Crippen molar-refractivity contribution in [2.45, 2.75) is 31.3 Å². The fourth-order valence-corrected chi connectivity index (χ4v) is 2.74. The zero-order chi connectivity index (χ0) is 14.7. The first-order valence-electron chi connectivity index (χ1n) is 6.81. The third kappa shape index (κ3) is 2.88. The quantitative estimate of drug-likeness (QED) is 0.914. The van der Waals surface area contributed by atoms with Gasteiger partial charge in [-0.05, 0) is 30.5 Å². The summed E-state index contributed by atoms with van der Waals surface area (Å²) in [5.74, 6) is 1.54. The maximum Gasteiger partial charge on any atom is 0.222 e. The molecule has 1 aliphatic rings. The highest BCUT2D eigenvalue weighted by Gasteiger charge is 2.30. The van der Waals surface area contributed by atoms with Gasteiger partial charge in [-0.1, -0.05) is 0 Å². The number of hydrogen-bond acceptors (Lipinski definition) is 4. The minimum atomic E-state index is -0.144. The van der Waals surface area contributed by atoms with Gasteiger partial charge < -0.3 is 20.1 Å². The number of likely N-dealkylation sites (N-methyl/N-ethyl adjacent to an activating group) is 1. The van der Waals surface area contributed by atoms with E-state index >= 15 is 0 Å². The Balaban J connectivity index is 2.43. The summed E-state index contributed by atoms with van der Waals surface area (Å²) < 4.78 is 10.6. The van der Waals surface area contributed by atoms with Crippen LogP contribution in [0.1, 0.15) is 30.9 Å². The SMILES string of the molecule is COc1cc(OC)cc(C2C(N)CCCC(=O)N2C)c1. The van der Waals surface area contributed by atoms with Crippen molar-refractivity contribution in [2.24, 2.45) is 5.73 Å². The van der Waals surface area contributed by atoms with E-state index < -0.39 is 0 Å².